The van der Waals surface area contributed by atoms with E-state index in [0.717, 1.165) is 38.5 Å². The zero-order valence-electron chi connectivity index (χ0n) is 27.2. The minimum atomic E-state index is -4.32. The quantitative estimate of drug-likeness (QED) is 0.0338. The smallest absolute Gasteiger partial charge is 0.387 e. The molecule has 0 aliphatic carbocycles. The van der Waals surface area contributed by atoms with E-state index < -0.39 is 20.0 Å². The molecule has 0 aromatic rings. The van der Waals surface area contributed by atoms with Gasteiger partial charge in [-0.15, -0.1) is 0 Å². The first-order valence-electron chi connectivity index (χ1n) is 17.3. The van der Waals surface area contributed by atoms with E-state index >= 15 is 0 Å². The lowest BCUT2D eigenvalue weighted by Crippen LogP contribution is -2.45. The van der Waals surface area contributed by atoms with Crippen LogP contribution in [0.5, 0.6) is 0 Å². The molecule has 0 saturated heterocycles. The average Bonchev–Trinajstić information content (AvgIpc) is 2.97. The molecule has 1 amide bonds. The molecule has 0 radical (unpaired) electrons. The number of hydrogen-bond donors (Lipinski definition) is 4. The first-order valence-corrected chi connectivity index (χ1v) is 18.8. The van der Waals surface area contributed by atoms with Crippen LogP contribution in [0.2, 0.25) is 0 Å². The Morgan fingerprint density at radius 1 is 0.762 bits per heavy atom. The molecule has 5 N–H and O–H groups in total. The second-order valence-corrected chi connectivity index (χ2v) is 13.2. The fourth-order valence-electron chi connectivity index (χ4n) is 4.95. The summed E-state index contributed by atoms with van der Waals surface area (Å²) in [6, 6.07) is -0.850. The van der Waals surface area contributed by atoms with Gasteiger partial charge < -0.3 is 21.1 Å². The molecule has 0 saturated carbocycles. The van der Waals surface area contributed by atoms with Crippen LogP contribution in [0.1, 0.15) is 162 Å². The van der Waals surface area contributed by atoms with Gasteiger partial charge in [0.2, 0.25) is 5.91 Å². The van der Waals surface area contributed by atoms with Crippen LogP contribution in [-0.2, 0) is 18.4 Å². The summed E-state index contributed by atoms with van der Waals surface area (Å²) in [7, 11) is -4.32. The number of aliphatic hydroxyl groups excluding tert-OH is 1. The normalized spacial score (nSPS) is 14.7. The molecule has 0 aromatic carbocycles. The maximum atomic E-state index is 12.6. The number of phosphoric ester groups is 1. The van der Waals surface area contributed by atoms with E-state index in [1.54, 1.807) is 6.08 Å². The van der Waals surface area contributed by atoms with Gasteiger partial charge in [0.1, 0.15) is 0 Å². The Labute approximate surface area is 258 Å². The third-order valence-corrected chi connectivity index (χ3v) is 8.60. The van der Waals surface area contributed by atoms with Gasteiger partial charge in [-0.3, -0.25) is 13.8 Å². The topological polar surface area (TPSA) is 131 Å². The van der Waals surface area contributed by atoms with Crippen molar-refractivity contribution >= 4 is 13.7 Å². The monoisotopic (exact) mass is 618 g/mol. The van der Waals surface area contributed by atoms with Gasteiger partial charge in [0.05, 0.1) is 25.4 Å². The van der Waals surface area contributed by atoms with Crippen LogP contribution in [0, 0.1) is 0 Å². The van der Waals surface area contributed by atoms with Gasteiger partial charge >= 0.3 is 7.82 Å². The third-order valence-electron chi connectivity index (χ3n) is 7.61. The van der Waals surface area contributed by atoms with Crippen molar-refractivity contribution in [1.82, 2.24) is 5.32 Å². The van der Waals surface area contributed by atoms with E-state index in [9.17, 15) is 19.4 Å². The highest BCUT2D eigenvalue weighted by atomic mass is 31.2. The lowest BCUT2D eigenvalue weighted by molar-refractivity contribution is -0.123. The van der Waals surface area contributed by atoms with E-state index in [1.165, 1.54) is 103 Å². The number of unbranched alkanes of at least 4 members (excludes halogenated alkanes) is 20. The number of carbonyl (C=O) groups excluding carboxylic acids is 1. The van der Waals surface area contributed by atoms with Gasteiger partial charge in [0.25, 0.3) is 0 Å². The highest BCUT2D eigenvalue weighted by Crippen LogP contribution is 2.43. The Morgan fingerprint density at radius 3 is 1.69 bits per heavy atom. The molecule has 0 aliphatic rings. The Balaban J connectivity index is 4.26. The molecule has 8 nitrogen and oxygen atoms in total. The van der Waals surface area contributed by atoms with E-state index in [1.807, 2.05) is 6.08 Å². The Hall–Kier alpha value is -0.760. The summed E-state index contributed by atoms with van der Waals surface area (Å²) >= 11 is 0. The van der Waals surface area contributed by atoms with Crippen molar-refractivity contribution in [3.05, 3.63) is 12.2 Å². The lowest BCUT2D eigenvalue weighted by atomic mass is 10.0. The molecule has 0 aliphatic heterocycles. The zero-order chi connectivity index (χ0) is 31.2. The number of rotatable bonds is 32. The van der Waals surface area contributed by atoms with E-state index in [2.05, 4.69) is 19.2 Å². The zero-order valence-corrected chi connectivity index (χ0v) is 28.1. The molecular weight excluding hydrogens is 551 g/mol. The summed E-state index contributed by atoms with van der Waals surface area (Å²) in [4.78, 5) is 22.4. The van der Waals surface area contributed by atoms with Crippen molar-refractivity contribution in [2.24, 2.45) is 5.73 Å². The number of carbonyl (C=O) groups is 1. The van der Waals surface area contributed by atoms with Crippen LogP contribution in [0.3, 0.4) is 0 Å². The maximum Gasteiger partial charge on any atom is 0.472 e. The summed E-state index contributed by atoms with van der Waals surface area (Å²) in [5.41, 5.74) is 5.33. The molecule has 0 bridgehead atoms. The molecule has 3 unspecified atom stereocenters. The molecule has 0 fully saturated rings. The number of hydrogen-bond acceptors (Lipinski definition) is 6. The van der Waals surface area contributed by atoms with Crippen molar-refractivity contribution < 1.29 is 28.4 Å². The summed E-state index contributed by atoms with van der Waals surface area (Å²) in [6.07, 6.45) is 29.8. The summed E-state index contributed by atoms with van der Waals surface area (Å²) < 4.78 is 21.9. The maximum absolute atomic E-state index is 12.6. The third kappa shape index (κ3) is 28.0. The summed E-state index contributed by atoms with van der Waals surface area (Å²) in [5, 5.41) is 13.5. The van der Waals surface area contributed by atoms with Crippen molar-refractivity contribution in [3.63, 3.8) is 0 Å². The molecule has 0 heterocycles. The number of aliphatic hydroxyl groups is 1. The van der Waals surface area contributed by atoms with Gasteiger partial charge in [0, 0.05) is 13.0 Å². The molecule has 250 valence electrons. The predicted molar refractivity (Wildman–Crippen MR) is 175 cm³/mol. The molecule has 42 heavy (non-hydrogen) atoms. The van der Waals surface area contributed by atoms with Crippen LogP contribution in [0.15, 0.2) is 12.2 Å². The SMILES string of the molecule is CCCCCCCC/C=C/C(O)C(COP(=O)(O)OCCN)NC(=O)CCCCCCCCCCCCCCCCC. The molecular formula is C33H67N2O6P. The second-order valence-electron chi connectivity index (χ2n) is 11.7. The first kappa shape index (κ1) is 41.2. The van der Waals surface area contributed by atoms with Crippen molar-refractivity contribution in [2.75, 3.05) is 19.8 Å². The summed E-state index contributed by atoms with van der Waals surface area (Å²) in [6.45, 7) is 4.08. The molecule has 9 heteroatoms. The molecule has 0 rings (SSSR count). The lowest BCUT2D eigenvalue weighted by Gasteiger charge is -2.23. The molecule has 0 spiro atoms. The number of nitrogens with two attached hydrogens (primary N) is 1. The number of allylic oxidation sites excluding steroid dienone is 1. The Bertz CT molecular complexity index is 679. The average molecular weight is 619 g/mol. The van der Waals surface area contributed by atoms with Crippen LogP contribution in [0.4, 0.5) is 0 Å². The predicted octanol–water partition coefficient (Wildman–Crippen LogP) is 8.49. The molecule has 0 aromatic heterocycles. The van der Waals surface area contributed by atoms with Gasteiger partial charge in [0.15, 0.2) is 0 Å². The Morgan fingerprint density at radius 2 is 1.21 bits per heavy atom. The van der Waals surface area contributed by atoms with Gasteiger partial charge in [-0.1, -0.05) is 148 Å². The van der Waals surface area contributed by atoms with Crippen LogP contribution in [-0.4, -0.2) is 47.8 Å². The van der Waals surface area contributed by atoms with Crippen LogP contribution >= 0.6 is 7.82 Å². The largest absolute Gasteiger partial charge is 0.472 e. The Kier molecular flexibility index (Phi) is 29.7. The second kappa shape index (κ2) is 30.3. The van der Waals surface area contributed by atoms with Gasteiger partial charge in [-0.25, -0.2) is 4.57 Å². The van der Waals surface area contributed by atoms with Crippen molar-refractivity contribution in [1.29, 1.82) is 0 Å². The van der Waals surface area contributed by atoms with Crippen molar-refractivity contribution in [3.8, 4) is 0 Å². The van der Waals surface area contributed by atoms with Gasteiger partial charge in [-0.2, -0.15) is 0 Å². The molecule has 3 atom stereocenters. The van der Waals surface area contributed by atoms with E-state index in [0.29, 0.717) is 6.42 Å². The van der Waals surface area contributed by atoms with E-state index in [4.69, 9.17) is 14.8 Å². The number of nitrogens with one attached hydrogen (secondary N) is 1. The fraction of sp³-hybridized carbons (Fsp3) is 0.909. The first-order chi connectivity index (χ1) is 20.4. The highest BCUT2D eigenvalue weighted by molar-refractivity contribution is 7.47. The number of amides is 1. The summed E-state index contributed by atoms with van der Waals surface area (Å²) in [5.74, 6) is -0.197. The number of phosphoric acid groups is 1. The highest BCUT2D eigenvalue weighted by Gasteiger charge is 2.26. The van der Waals surface area contributed by atoms with Crippen LogP contribution in [0.25, 0.3) is 0 Å². The van der Waals surface area contributed by atoms with Gasteiger partial charge in [-0.05, 0) is 19.3 Å². The van der Waals surface area contributed by atoms with Crippen LogP contribution < -0.4 is 11.1 Å². The minimum Gasteiger partial charge on any atom is -0.387 e. The minimum absolute atomic E-state index is 0.0805. The standard InChI is InChI=1S/C33H67N2O6P/c1-3-5-7-9-11-13-14-15-16-17-18-19-21-23-25-27-33(37)35-31(30-41-42(38,39)40-29-28-34)32(36)26-24-22-20-12-10-8-6-4-2/h24,26,31-32,36H,3-23,25,27-30,34H2,1-2H3,(H,35,37)(H,38,39)/b26-24+. The van der Waals surface area contributed by atoms with Crippen molar-refractivity contribution in [2.45, 2.75) is 174 Å². The fourth-order valence-corrected chi connectivity index (χ4v) is 5.71. The van der Waals surface area contributed by atoms with E-state index in [-0.39, 0.29) is 25.7 Å².